The van der Waals surface area contributed by atoms with Crippen LogP contribution in [0.15, 0.2) is 60.7 Å². The van der Waals surface area contributed by atoms with E-state index in [1.54, 1.807) is 24.3 Å². The minimum Gasteiger partial charge on any atom is -0.507 e. The first-order valence-corrected chi connectivity index (χ1v) is 8.66. The van der Waals surface area contributed by atoms with E-state index in [9.17, 15) is 10.4 Å². The molecule has 3 rings (SSSR count). The second-order valence-electron chi connectivity index (χ2n) is 6.03. The maximum absolute atomic E-state index is 10.1. The highest BCUT2D eigenvalue weighted by Crippen LogP contribution is 2.31. The molecule has 0 saturated heterocycles. The summed E-state index contributed by atoms with van der Waals surface area (Å²) in [6.07, 6.45) is 0. The fraction of sp³-hybridized carbons (Fsp3) is 0.143. The fourth-order valence-electron chi connectivity index (χ4n) is 2.76. The molecule has 0 aliphatic rings. The molecule has 0 unspecified atom stereocenters. The summed E-state index contributed by atoms with van der Waals surface area (Å²) in [4.78, 5) is 4.26. The molecule has 0 atom stereocenters. The van der Waals surface area contributed by atoms with Gasteiger partial charge in [0.2, 0.25) is 0 Å². The molecule has 7 heteroatoms. The Hall–Kier alpha value is -3.27. The predicted octanol–water partition coefficient (Wildman–Crippen LogP) is 3.53. The summed E-state index contributed by atoms with van der Waals surface area (Å²) < 4.78 is 0. The van der Waals surface area contributed by atoms with Crippen LogP contribution in [-0.4, -0.2) is 23.2 Å². The molecule has 0 bridgehead atoms. The minimum atomic E-state index is 0. The highest BCUT2D eigenvalue weighted by atomic mass is 35.5. The van der Waals surface area contributed by atoms with Gasteiger partial charge in [-0.2, -0.15) is 5.26 Å². The van der Waals surface area contributed by atoms with Crippen molar-refractivity contribution in [3.05, 3.63) is 71.8 Å². The van der Waals surface area contributed by atoms with Gasteiger partial charge in [-0.25, -0.2) is 4.98 Å². The number of phenolic OH excluding ortho intramolecular Hbond substituents is 1. The summed E-state index contributed by atoms with van der Waals surface area (Å²) in [6.45, 7) is 2.11. The first kappa shape index (κ1) is 21.0. The lowest BCUT2D eigenvalue weighted by atomic mass is 10.1. The number of rotatable bonds is 7. The average molecular weight is 396 g/mol. The number of aromatic nitrogens is 1. The van der Waals surface area contributed by atoms with Gasteiger partial charge in [-0.05, 0) is 23.8 Å². The number of benzene rings is 2. The van der Waals surface area contributed by atoms with Gasteiger partial charge in [-0.3, -0.25) is 0 Å². The van der Waals surface area contributed by atoms with E-state index < -0.39 is 0 Å². The number of anilines is 2. The number of nitrogens with zero attached hydrogens (tertiary/aromatic N) is 2. The lowest BCUT2D eigenvalue weighted by molar-refractivity contribution is 0.477. The third-order valence-electron chi connectivity index (χ3n) is 4.13. The van der Waals surface area contributed by atoms with E-state index in [2.05, 4.69) is 33.8 Å². The van der Waals surface area contributed by atoms with Crippen LogP contribution in [-0.2, 0) is 6.54 Å². The van der Waals surface area contributed by atoms with Gasteiger partial charge in [0, 0.05) is 25.2 Å². The zero-order chi connectivity index (χ0) is 19.1. The molecule has 144 valence electrons. The molecule has 0 fully saturated rings. The molecule has 0 amide bonds. The highest BCUT2D eigenvalue weighted by Gasteiger charge is 2.13. The third-order valence-corrected chi connectivity index (χ3v) is 4.13. The molecule has 3 aromatic rings. The Bertz CT molecular complexity index is 957. The number of hydrogen-bond donors (Lipinski definition) is 4. The largest absolute Gasteiger partial charge is 0.507 e. The molecule has 0 spiro atoms. The third kappa shape index (κ3) is 5.13. The van der Waals surface area contributed by atoms with Crippen LogP contribution in [0.2, 0.25) is 0 Å². The van der Waals surface area contributed by atoms with Crippen molar-refractivity contribution < 1.29 is 5.11 Å². The Morgan fingerprint density at radius 1 is 1.04 bits per heavy atom. The van der Waals surface area contributed by atoms with Crippen LogP contribution in [0.25, 0.3) is 11.3 Å². The number of phenols is 1. The number of halogens is 1. The van der Waals surface area contributed by atoms with Crippen LogP contribution >= 0.6 is 12.4 Å². The SMILES string of the molecule is Cl.N#Cc1c(NCCNCc2ccccc2)cc(-c2ccccc2O)nc1N. The molecule has 28 heavy (non-hydrogen) atoms. The number of pyridine rings is 1. The number of nitrogen functional groups attached to an aromatic ring is 1. The summed E-state index contributed by atoms with van der Waals surface area (Å²) in [7, 11) is 0. The second kappa shape index (κ2) is 10.2. The van der Waals surface area contributed by atoms with Crippen molar-refractivity contribution in [3.63, 3.8) is 0 Å². The maximum Gasteiger partial charge on any atom is 0.144 e. The quantitative estimate of drug-likeness (QED) is 0.456. The molecule has 1 heterocycles. The summed E-state index contributed by atoms with van der Waals surface area (Å²) in [5.74, 6) is 0.252. The summed E-state index contributed by atoms with van der Waals surface area (Å²) in [5.41, 5.74) is 9.16. The minimum absolute atomic E-state index is 0. The smallest absolute Gasteiger partial charge is 0.144 e. The van der Waals surface area contributed by atoms with E-state index in [-0.39, 0.29) is 24.0 Å². The van der Waals surface area contributed by atoms with Gasteiger partial charge < -0.3 is 21.5 Å². The molecular weight excluding hydrogens is 374 g/mol. The average Bonchev–Trinajstić information content (AvgIpc) is 2.68. The number of aromatic hydroxyl groups is 1. The van der Waals surface area contributed by atoms with Gasteiger partial charge in [0.05, 0.1) is 11.4 Å². The highest BCUT2D eigenvalue weighted by molar-refractivity contribution is 5.85. The van der Waals surface area contributed by atoms with Crippen molar-refractivity contribution in [2.75, 3.05) is 24.1 Å². The van der Waals surface area contributed by atoms with Crippen LogP contribution in [0, 0.1) is 11.3 Å². The van der Waals surface area contributed by atoms with Gasteiger partial charge in [0.25, 0.3) is 0 Å². The topological polar surface area (TPSA) is 107 Å². The Morgan fingerprint density at radius 2 is 1.75 bits per heavy atom. The van der Waals surface area contributed by atoms with Gasteiger partial charge >= 0.3 is 0 Å². The second-order valence-corrected chi connectivity index (χ2v) is 6.03. The van der Waals surface area contributed by atoms with Crippen molar-refractivity contribution in [2.24, 2.45) is 0 Å². The maximum atomic E-state index is 10.1. The molecule has 0 aliphatic heterocycles. The van der Waals surface area contributed by atoms with E-state index in [1.807, 2.05) is 24.3 Å². The van der Waals surface area contributed by atoms with Crippen molar-refractivity contribution >= 4 is 23.9 Å². The molecule has 5 N–H and O–H groups in total. The molecule has 6 nitrogen and oxygen atoms in total. The van der Waals surface area contributed by atoms with Crippen molar-refractivity contribution in [1.82, 2.24) is 10.3 Å². The van der Waals surface area contributed by atoms with Crippen LogP contribution < -0.4 is 16.4 Å². The Morgan fingerprint density at radius 3 is 2.46 bits per heavy atom. The van der Waals surface area contributed by atoms with Crippen molar-refractivity contribution in [1.29, 1.82) is 5.26 Å². The van der Waals surface area contributed by atoms with E-state index in [0.29, 0.717) is 35.6 Å². The van der Waals surface area contributed by atoms with Gasteiger partial charge in [0.15, 0.2) is 0 Å². The Labute approximate surface area is 170 Å². The van der Waals surface area contributed by atoms with E-state index in [4.69, 9.17) is 5.73 Å². The number of hydrogen-bond acceptors (Lipinski definition) is 6. The molecular formula is C21H22ClN5O. The zero-order valence-corrected chi connectivity index (χ0v) is 16.0. The monoisotopic (exact) mass is 395 g/mol. The van der Waals surface area contributed by atoms with Crippen LogP contribution in [0.1, 0.15) is 11.1 Å². The predicted molar refractivity (Wildman–Crippen MR) is 114 cm³/mol. The molecule has 0 saturated carbocycles. The van der Waals surface area contributed by atoms with Crippen LogP contribution in [0.4, 0.5) is 11.5 Å². The van der Waals surface area contributed by atoms with E-state index >= 15 is 0 Å². The van der Waals surface area contributed by atoms with Crippen LogP contribution in [0.5, 0.6) is 5.75 Å². The van der Waals surface area contributed by atoms with Gasteiger partial charge in [-0.1, -0.05) is 42.5 Å². The standard InChI is InChI=1S/C21H21N5O.ClH/c22-13-17-18(25-11-10-24-14-15-6-2-1-3-7-15)12-19(26-21(17)23)16-8-4-5-9-20(16)27;/h1-9,12,24,27H,10-11,14H2,(H3,23,25,26);1H. The van der Waals surface area contributed by atoms with Crippen molar-refractivity contribution in [2.45, 2.75) is 6.54 Å². The Balaban J connectivity index is 0.00000280. The normalized spacial score (nSPS) is 9.96. The molecule has 1 aromatic heterocycles. The Kier molecular flexibility index (Phi) is 7.64. The lowest BCUT2D eigenvalue weighted by Crippen LogP contribution is -2.22. The van der Waals surface area contributed by atoms with Gasteiger partial charge in [-0.15, -0.1) is 12.4 Å². The summed E-state index contributed by atoms with van der Waals surface area (Å²) >= 11 is 0. The van der Waals surface area contributed by atoms with Crippen molar-refractivity contribution in [3.8, 4) is 23.1 Å². The van der Waals surface area contributed by atoms with Crippen LogP contribution in [0.3, 0.4) is 0 Å². The summed E-state index contributed by atoms with van der Waals surface area (Å²) in [5, 5.41) is 26.0. The number of nitriles is 1. The number of para-hydroxylation sites is 1. The fourth-order valence-corrected chi connectivity index (χ4v) is 2.76. The van der Waals surface area contributed by atoms with E-state index in [0.717, 1.165) is 6.54 Å². The molecule has 0 aliphatic carbocycles. The molecule has 2 aromatic carbocycles. The first-order valence-electron chi connectivity index (χ1n) is 8.66. The zero-order valence-electron chi connectivity index (χ0n) is 15.2. The number of nitrogens with one attached hydrogen (secondary N) is 2. The van der Waals surface area contributed by atoms with E-state index in [1.165, 1.54) is 5.56 Å². The number of nitrogens with two attached hydrogens (primary N) is 1. The summed E-state index contributed by atoms with van der Waals surface area (Å²) in [6, 6.07) is 20.9. The van der Waals surface area contributed by atoms with Gasteiger partial charge in [0.1, 0.15) is 23.2 Å². The first-order chi connectivity index (χ1) is 13.2. The molecule has 0 radical (unpaired) electrons. The lowest BCUT2D eigenvalue weighted by Gasteiger charge is -2.13.